The molecule has 6 nitrogen and oxygen atoms in total. The Bertz CT molecular complexity index is 614. The lowest BCUT2D eigenvalue weighted by molar-refractivity contribution is 0.0392. The summed E-state index contributed by atoms with van der Waals surface area (Å²) >= 11 is 0. The molecule has 0 bridgehead atoms. The van der Waals surface area contributed by atoms with Crippen molar-refractivity contribution in [1.29, 1.82) is 0 Å². The van der Waals surface area contributed by atoms with Crippen molar-refractivity contribution in [1.82, 2.24) is 4.31 Å². The van der Waals surface area contributed by atoms with Gasteiger partial charge in [-0.3, -0.25) is 0 Å². The fraction of sp³-hybridized carbons (Fsp3) is 0.571. The van der Waals surface area contributed by atoms with Gasteiger partial charge in [-0.15, -0.1) is 0 Å². The molecule has 1 unspecified atom stereocenters. The highest BCUT2D eigenvalue weighted by Crippen LogP contribution is 2.34. The summed E-state index contributed by atoms with van der Waals surface area (Å²) < 4.78 is 42.9. The number of nitrogens with zero attached hydrogens (tertiary/aromatic N) is 1. The minimum absolute atomic E-state index is 0.184. The first-order valence-electron chi connectivity index (χ1n) is 6.74. The van der Waals surface area contributed by atoms with E-state index in [1.807, 2.05) is 6.92 Å². The molecule has 118 valence electrons. The third kappa shape index (κ3) is 3.00. The van der Waals surface area contributed by atoms with Gasteiger partial charge in [0.25, 0.3) is 0 Å². The minimum Gasteiger partial charge on any atom is -0.493 e. The predicted octanol–water partition coefficient (Wildman–Crippen LogP) is 1.42. The average molecular weight is 315 g/mol. The molecule has 0 amide bonds. The summed E-state index contributed by atoms with van der Waals surface area (Å²) in [5.41, 5.74) is 0.631. The molecule has 1 aliphatic heterocycles. The average Bonchev–Trinajstić information content (AvgIpc) is 2.46. The number of hydrogen-bond acceptors (Lipinski definition) is 5. The van der Waals surface area contributed by atoms with E-state index in [9.17, 15) is 8.42 Å². The SMILES string of the molecule is COc1cc(C)c(S(=O)(=O)N2CCOCC2C)cc1OC. The molecule has 0 saturated carbocycles. The molecule has 7 heteroatoms. The number of methoxy groups -OCH3 is 2. The topological polar surface area (TPSA) is 65.1 Å². The van der Waals surface area contributed by atoms with Gasteiger partial charge in [-0.2, -0.15) is 4.31 Å². The van der Waals surface area contributed by atoms with Crippen LogP contribution in [0.3, 0.4) is 0 Å². The van der Waals surface area contributed by atoms with Gasteiger partial charge < -0.3 is 14.2 Å². The Hall–Kier alpha value is -1.31. The van der Waals surface area contributed by atoms with Crippen LogP contribution < -0.4 is 9.47 Å². The molecule has 0 N–H and O–H groups in total. The highest BCUT2D eigenvalue weighted by Gasteiger charge is 2.33. The standard InChI is InChI=1S/C14H21NO5S/c1-10-7-12(18-3)13(19-4)8-14(10)21(16,17)15-5-6-20-9-11(15)2/h7-8,11H,5-6,9H2,1-4H3. The van der Waals surface area contributed by atoms with E-state index in [1.54, 1.807) is 13.0 Å². The molecular weight excluding hydrogens is 294 g/mol. The number of morpholine rings is 1. The van der Waals surface area contributed by atoms with E-state index in [2.05, 4.69) is 0 Å². The molecule has 0 aromatic heterocycles. The van der Waals surface area contributed by atoms with Crippen molar-refractivity contribution in [2.24, 2.45) is 0 Å². The van der Waals surface area contributed by atoms with Crippen LogP contribution in [0.1, 0.15) is 12.5 Å². The molecule has 1 atom stereocenters. The zero-order valence-corrected chi connectivity index (χ0v) is 13.6. The first kappa shape index (κ1) is 16.1. The van der Waals surface area contributed by atoms with Gasteiger partial charge in [-0.05, 0) is 25.5 Å². The maximum Gasteiger partial charge on any atom is 0.243 e. The summed E-state index contributed by atoms with van der Waals surface area (Å²) in [5.74, 6) is 0.923. The van der Waals surface area contributed by atoms with Crippen molar-refractivity contribution in [3.05, 3.63) is 17.7 Å². The van der Waals surface area contributed by atoms with E-state index in [4.69, 9.17) is 14.2 Å². The Morgan fingerprint density at radius 1 is 1.24 bits per heavy atom. The number of aryl methyl sites for hydroxylation is 1. The van der Waals surface area contributed by atoms with Crippen LogP contribution in [-0.2, 0) is 14.8 Å². The second-order valence-corrected chi connectivity index (χ2v) is 6.87. The van der Waals surface area contributed by atoms with E-state index in [0.717, 1.165) is 0 Å². The van der Waals surface area contributed by atoms with Gasteiger partial charge in [0.15, 0.2) is 11.5 Å². The third-order valence-electron chi connectivity index (χ3n) is 3.57. The molecule has 1 aromatic rings. The van der Waals surface area contributed by atoms with Crippen molar-refractivity contribution in [2.45, 2.75) is 24.8 Å². The summed E-state index contributed by atoms with van der Waals surface area (Å²) in [7, 11) is -0.571. The maximum absolute atomic E-state index is 12.9. The zero-order chi connectivity index (χ0) is 15.6. The van der Waals surface area contributed by atoms with E-state index >= 15 is 0 Å². The van der Waals surface area contributed by atoms with Crippen molar-refractivity contribution in [3.63, 3.8) is 0 Å². The second kappa shape index (κ2) is 6.21. The molecule has 1 fully saturated rings. The van der Waals surface area contributed by atoms with Gasteiger partial charge in [0.1, 0.15) is 0 Å². The summed E-state index contributed by atoms with van der Waals surface area (Å²) in [4.78, 5) is 0.244. The molecule has 1 aromatic carbocycles. The van der Waals surface area contributed by atoms with Crippen molar-refractivity contribution >= 4 is 10.0 Å². The molecule has 0 aliphatic carbocycles. The van der Waals surface area contributed by atoms with Gasteiger partial charge in [0.05, 0.1) is 32.3 Å². The summed E-state index contributed by atoms with van der Waals surface area (Å²) in [6.07, 6.45) is 0. The number of hydrogen-bond donors (Lipinski definition) is 0. The quantitative estimate of drug-likeness (QED) is 0.841. The van der Waals surface area contributed by atoms with Gasteiger partial charge in [0.2, 0.25) is 10.0 Å². The smallest absolute Gasteiger partial charge is 0.243 e. The van der Waals surface area contributed by atoms with Crippen LogP contribution in [0.4, 0.5) is 0 Å². The lowest BCUT2D eigenvalue weighted by Crippen LogP contribution is -2.47. The lowest BCUT2D eigenvalue weighted by atomic mass is 10.2. The highest BCUT2D eigenvalue weighted by molar-refractivity contribution is 7.89. The first-order chi connectivity index (χ1) is 9.91. The number of benzene rings is 1. The van der Waals surface area contributed by atoms with E-state index < -0.39 is 10.0 Å². The molecule has 0 radical (unpaired) electrons. The second-order valence-electron chi connectivity index (χ2n) is 5.01. The Kier molecular flexibility index (Phi) is 4.75. The van der Waals surface area contributed by atoms with E-state index in [1.165, 1.54) is 24.6 Å². The normalized spacial score (nSPS) is 20.3. The molecule has 2 rings (SSSR count). The fourth-order valence-electron chi connectivity index (χ4n) is 2.44. The largest absolute Gasteiger partial charge is 0.493 e. The Labute approximate surface area is 125 Å². The van der Waals surface area contributed by atoms with Gasteiger partial charge >= 0.3 is 0 Å². The molecule has 1 aliphatic rings. The Morgan fingerprint density at radius 3 is 2.43 bits per heavy atom. The van der Waals surface area contributed by atoms with Crippen LogP contribution in [0.5, 0.6) is 11.5 Å². The van der Waals surface area contributed by atoms with Crippen LogP contribution in [0, 0.1) is 6.92 Å². The number of sulfonamides is 1. The Morgan fingerprint density at radius 2 is 1.86 bits per heavy atom. The van der Waals surface area contributed by atoms with Gasteiger partial charge in [-0.25, -0.2) is 8.42 Å². The summed E-state index contributed by atoms with van der Waals surface area (Å²) in [6, 6.07) is 3.01. The van der Waals surface area contributed by atoms with Crippen LogP contribution in [0.15, 0.2) is 17.0 Å². The van der Waals surface area contributed by atoms with Crippen molar-refractivity contribution < 1.29 is 22.6 Å². The van der Waals surface area contributed by atoms with Crippen LogP contribution in [0.25, 0.3) is 0 Å². The first-order valence-corrected chi connectivity index (χ1v) is 8.18. The molecule has 1 heterocycles. The van der Waals surface area contributed by atoms with Crippen molar-refractivity contribution in [3.8, 4) is 11.5 Å². The Balaban J connectivity index is 2.49. The summed E-state index contributed by atoms with van der Waals surface area (Å²) in [5, 5.41) is 0. The molecule has 1 saturated heterocycles. The molecular formula is C14H21NO5S. The monoisotopic (exact) mass is 315 g/mol. The van der Waals surface area contributed by atoms with E-state index in [0.29, 0.717) is 36.8 Å². The third-order valence-corrected chi connectivity index (χ3v) is 5.73. The number of ether oxygens (including phenoxy) is 3. The van der Waals surface area contributed by atoms with Crippen molar-refractivity contribution in [2.75, 3.05) is 34.0 Å². The minimum atomic E-state index is -3.58. The van der Waals surface area contributed by atoms with Gasteiger partial charge in [-0.1, -0.05) is 0 Å². The van der Waals surface area contributed by atoms with Crippen LogP contribution >= 0.6 is 0 Å². The maximum atomic E-state index is 12.9. The van der Waals surface area contributed by atoms with Gasteiger partial charge in [0, 0.05) is 18.7 Å². The molecule has 0 spiro atoms. The summed E-state index contributed by atoms with van der Waals surface area (Å²) in [6.45, 7) is 4.77. The lowest BCUT2D eigenvalue weighted by Gasteiger charge is -2.32. The fourth-order valence-corrected chi connectivity index (χ4v) is 4.26. The van der Waals surface area contributed by atoms with E-state index in [-0.39, 0.29) is 10.9 Å². The zero-order valence-electron chi connectivity index (χ0n) is 12.8. The van der Waals surface area contributed by atoms with Crippen LogP contribution in [-0.4, -0.2) is 52.7 Å². The molecule has 21 heavy (non-hydrogen) atoms. The predicted molar refractivity (Wildman–Crippen MR) is 78.5 cm³/mol. The highest BCUT2D eigenvalue weighted by atomic mass is 32.2. The number of rotatable bonds is 4. The van der Waals surface area contributed by atoms with Crippen LogP contribution in [0.2, 0.25) is 0 Å².